The monoisotopic (exact) mass is 193 g/mol. The van der Waals surface area contributed by atoms with E-state index in [1.165, 1.54) is 5.06 Å². The summed E-state index contributed by atoms with van der Waals surface area (Å²) in [5.74, 6) is -0.572. The van der Waals surface area contributed by atoms with Crippen LogP contribution in [0.2, 0.25) is 0 Å². The number of hydroxylamine groups is 2. The van der Waals surface area contributed by atoms with Gasteiger partial charge in [0.25, 0.3) is 0 Å². The molecule has 0 aromatic heterocycles. The van der Waals surface area contributed by atoms with Crippen LogP contribution in [0.4, 0.5) is 0 Å². The maximum atomic E-state index is 10.6. The minimum Gasteiger partial charge on any atom is -0.478 e. The first-order valence-corrected chi connectivity index (χ1v) is 4.44. The maximum absolute atomic E-state index is 10.6. The molecule has 2 rings (SSSR count). The highest BCUT2D eigenvalue weighted by atomic mass is 16.5. The van der Waals surface area contributed by atoms with Crippen LogP contribution >= 0.6 is 0 Å². The molecule has 1 heterocycles. The van der Waals surface area contributed by atoms with E-state index in [1.54, 1.807) is 24.3 Å². The van der Waals surface area contributed by atoms with Crippen LogP contribution in [0.5, 0.6) is 0 Å². The lowest BCUT2D eigenvalue weighted by Crippen LogP contribution is -2.42. The Hall–Kier alpha value is -1.39. The first kappa shape index (κ1) is 9.18. The lowest BCUT2D eigenvalue weighted by molar-refractivity contribution is -0.149. The second kappa shape index (κ2) is 3.40. The minimum absolute atomic E-state index is 0.300. The van der Waals surface area contributed by atoms with Crippen LogP contribution in [-0.2, 0) is 0 Å². The molecule has 0 unspecified atom stereocenters. The molecule has 14 heavy (non-hydrogen) atoms. The van der Waals surface area contributed by atoms with Gasteiger partial charge in [-0.3, -0.25) is 0 Å². The van der Waals surface area contributed by atoms with E-state index in [2.05, 4.69) is 0 Å². The van der Waals surface area contributed by atoms with Crippen molar-refractivity contribution in [2.45, 2.75) is 5.92 Å². The largest absolute Gasteiger partial charge is 0.478 e. The lowest BCUT2D eigenvalue weighted by Gasteiger charge is -2.34. The summed E-state index contributed by atoms with van der Waals surface area (Å²) in [6.45, 7) is 1.26. The zero-order valence-electron chi connectivity index (χ0n) is 7.55. The highest BCUT2D eigenvalue weighted by Gasteiger charge is 2.26. The summed E-state index contributed by atoms with van der Waals surface area (Å²) in [7, 11) is 0. The Morgan fingerprint density at radius 2 is 1.86 bits per heavy atom. The predicted molar refractivity (Wildman–Crippen MR) is 49.5 cm³/mol. The van der Waals surface area contributed by atoms with Gasteiger partial charge in [0.05, 0.1) is 5.56 Å². The Balaban J connectivity index is 2.10. The molecule has 4 nitrogen and oxygen atoms in total. The van der Waals surface area contributed by atoms with Crippen molar-refractivity contribution >= 4 is 5.97 Å². The molecule has 0 aliphatic carbocycles. The Bertz CT molecular complexity index is 341. The van der Waals surface area contributed by atoms with Gasteiger partial charge in [-0.1, -0.05) is 12.1 Å². The van der Waals surface area contributed by atoms with Gasteiger partial charge in [-0.2, -0.15) is 5.06 Å². The molecule has 1 aliphatic rings. The van der Waals surface area contributed by atoms with Crippen molar-refractivity contribution in [1.82, 2.24) is 5.06 Å². The number of hydrogen-bond acceptors (Lipinski definition) is 3. The van der Waals surface area contributed by atoms with Gasteiger partial charge in [0.1, 0.15) is 0 Å². The van der Waals surface area contributed by atoms with Crippen molar-refractivity contribution < 1.29 is 15.1 Å². The van der Waals surface area contributed by atoms with E-state index in [9.17, 15) is 4.79 Å². The second-order valence-corrected chi connectivity index (χ2v) is 3.50. The first-order valence-electron chi connectivity index (χ1n) is 4.44. The topological polar surface area (TPSA) is 60.8 Å². The normalized spacial score (nSPS) is 17.8. The molecule has 1 saturated heterocycles. The van der Waals surface area contributed by atoms with Crippen LogP contribution in [0.3, 0.4) is 0 Å². The van der Waals surface area contributed by atoms with Gasteiger partial charge in [-0.15, -0.1) is 0 Å². The molecule has 0 radical (unpaired) electrons. The molecule has 0 bridgehead atoms. The molecule has 0 atom stereocenters. The molecular weight excluding hydrogens is 182 g/mol. The van der Waals surface area contributed by atoms with E-state index in [0.29, 0.717) is 24.6 Å². The SMILES string of the molecule is O=C(O)c1ccc(C2CN(O)C2)cc1. The molecule has 1 aromatic rings. The number of carbonyl (C=O) groups is 1. The van der Waals surface area contributed by atoms with Crippen molar-refractivity contribution in [3.63, 3.8) is 0 Å². The van der Waals surface area contributed by atoms with Gasteiger partial charge in [0.15, 0.2) is 0 Å². The number of benzene rings is 1. The van der Waals surface area contributed by atoms with E-state index < -0.39 is 5.97 Å². The smallest absolute Gasteiger partial charge is 0.335 e. The van der Waals surface area contributed by atoms with Gasteiger partial charge < -0.3 is 10.3 Å². The van der Waals surface area contributed by atoms with E-state index in [1.807, 2.05) is 0 Å². The Kier molecular flexibility index (Phi) is 2.23. The highest BCUT2D eigenvalue weighted by molar-refractivity contribution is 5.87. The standard InChI is InChI=1S/C10H11NO3/c12-10(13)8-3-1-7(2-4-8)9-5-11(14)6-9/h1-4,9,14H,5-6H2,(H,12,13). The molecule has 0 saturated carbocycles. The molecule has 1 aromatic carbocycles. The predicted octanol–water partition coefficient (Wildman–Crippen LogP) is 1.17. The molecule has 0 spiro atoms. The average Bonchev–Trinajstić information content (AvgIpc) is 2.13. The fourth-order valence-corrected chi connectivity index (χ4v) is 1.56. The van der Waals surface area contributed by atoms with Crippen LogP contribution in [0.25, 0.3) is 0 Å². The number of carboxylic acid groups (broad SMARTS) is 1. The number of aromatic carboxylic acids is 1. The van der Waals surface area contributed by atoms with Crippen molar-refractivity contribution in [3.05, 3.63) is 35.4 Å². The first-order chi connectivity index (χ1) is 6.66. The molecule has 2 N–H and O–H groups in total. The zero-order chi connectivity index (χ0) is 10.1. The highest BCUT2D eigenvalue weighted by Crippen LogP contribution is 2.25. The fourth-order valence-electron chi connectivity index (χ4n) is 1.56. The number of rotatable bonds is 2. The van der Waals surface area contributed by atoms with Crippen LogP contribution in [0.15, 0.2) is 24.3 Å². The minimum atomic E-state index is -0.908. The van der Waals surface area contributed by atoms with Crippen molar-refractivity contribution in [2.75, 3.05) is 13.1 Å². The number of carboxylic acids is 1. The zero-order valence-corrected chi connectivity index (χ0v) is 7.55. The van der Waals surface area contributed by atoms with Gasteiger partial charge in [0, 0.05) is 19.0 Å². The molecular formula is C10H11NO3. The number of nitrogens with zero attached hydrogens (tertiary/aromatic N) is 1. The van der Waals surface area contributed by atoms with Crippen molar-refractivity contribution in [1.29, 1.82) is 0 Å². The lowest BCUT2D eigenvalue weighted by atomic mass is 9.93. The van der Waals surface area contributed by atoms with E-state index in [-0.39, 0.29) is 0 Å². The molecule has 1 aliphatic heterocycles. The van der Waals surface area contributed by atoms with Gasteiger partial charge >= 0.3 is 5.97 Å². The summed E-state index contributed by atoms with van der Waals surface area (Å²) in [6, 6.07) is 6.80. The summed E-state index contributed by atoms with van der Waals surface area (Å²) in [5, 5.41) is 18.9. The van der Waals surface area contributed by atoms with Gasteiger partial charge in [-0.05, 0) is 17.7 Å². The average molecular weight is 193 g/mol. The summed E-state index contributed by atoms with van der Waals surface area (Å²) in [4.78, 5) is 10.6. The second-order valence-electron chi connectivity index (χ2n) is 3.50. The van der Waals surface area contributed by atoms with Crippen molar-refractivity contribution in [3.8, 4) is 0 Å². The molecule has 74 valence electrons. The number of hydrogen-bond donors (Lipinski definition) is 2. The summed E-state index contributed by atoms with van der Waals surface area (Å²) in [6.07, 6.45) is 0. The van der Waals surface area contributed by atoms with Crippen LogP contribution in [0.1, 0.15) is 21.8 Å². The van der Waals surface area contributed by atoms with Gasteiger partial charge in [0.2, 0.25) is 0 Å². The summed E-state index contributed by atoms with van der Waals surface area (Å²) < 4.78 is 0. The van der Waals surface area contributed by atoms with Crippen molar-refractivity contribution in [2.24, 2.45) is 0 Å². The third kappa shape index (κ3) is 1.62. The van der Waals surface area contributed by atoms with Crippen LogP contribution in [0, 0.1) is 0 Å². The van der Waals surface area contributed by atoms with Crippen LogP contribution in [-0.4, -0.2) is 34.4 Å². The summed E-state index contributed by atoms with van der Waals surface area (Å²) in [5.41, 5.74) is 1.38. The Labute approximate surface area is 81.3 Å². The summed E-state index contributed by atoms with van der Waals surface area (Å²) >= 11 is 0. The van der Waals surface area contributed by atoms with Crippen LogP contribution < -0.4 is 0 Å². The quantitative estimate of drug-likeness (QED) is 0.740. The Morgan fingerprint density at radius 3 is 2.29 bits per heavy atom. The Morgan fingerprint density at radius 1 is 1.29 bits per heavy atom. The third-order valence-electron chi connectivity index (χ3n) is 2.49. The molecule has 0 amide bonds. The van der Waals surface area contributed by atoms with Gasteiger partial charge in [-0.25, -0.2) is 4.79 Å². The van der Waals surface area contributed by atoms with E-state index in [4.69, 9.17) is 10.3 Å². The van der Waals surface area contributed by atoms with E-state index >= 15 is 0 Å². The third-order valence-corrected chi connectivity index (χ3v) is 2.49. The molecule has 4 heteroatoms. The maximum Gasteiger partial charge on any atom is 0.335 e. The molecule has 1 fully saturated rings. The van der Waals surface area contributed by atoms with E-state index in [0.717, 1.165) is 5.56 Å². The fraction of sp³-hybridized carbons (Fsp3) is 0.300.